The second kappa shape index (κ2) is 16.9. The van der Waals surface area contributed by atoms with Crippen LogP contribution in [0.4, 0.5) is 18.9 Å². The maximum Gasteiger partial charge on any atom is 0.416 e. The number of ether oxygens (including phenoxy) is 2. The molecule has 3 aromatic rings. The van der Waals surface area contributed by atoms with Gasteiger partial charge in [-0.25, -0.2) is 0 Å². The number of amides is 2. The van der Waals surface area contributed by atoms with Crippen LogP contribution in [0, 0.1) is 5.92 Å². The van der Waals surface area contributed by atoms with Gasteiger partial charge in [-0.1, -0.05) is 19.1 Å². The van der Waals surface area contributed by atoms with Gasteiger partial charge in [0.1, 0.15) is 5.75 Å². The van der Waals surface area contributed by atoms with Crippen molar-refractivity contribution < 1.29 is 37.3 Å². The van der Waals surface area contributed by atoms with Crippen LogP contribution in [-0.4, -0.2) is 83.3 Å². The molecule has 2 N–H and O–H groups in total. The molecule has 0 spiro atoms. The summed E-state index contributed by atoms with van der Waals surface area (Å²) in [5.41, 5.74) is 1.14. The number of aromatic nitrogens is 1. The molecule has 1 aromatic heterocycles. The summed E-state index contributed by atoms with van der Waals surface area (Å²) in [6.45, 7) is 7.04. The Kier molecular flexibility index (Phi) is 13.0. The van der Waals surface area contributed by atoms with Crippen molar-refractivity contribution in [3.8, 4) is 5.75 Å². The molecule has 0 bridgehead atoms. The minimum absolute atomic E-state index is 0.182. The number of carbonyl (C=O) groups is 2. The monoisotopic (exact) mass is 670 g/mol. The lowest BCUT2D eigenvalue weighted by Crippen LogP contribution is -2.47. The average Bonchev–Trinajstić information content (AvgIpc) is 3.06. The second-order valence-electron chi connectivity index (χ2n) is 12.6. The number of pyridine rings is 1. The maximum atomic E-state index is 14.3. The molecule has 0 fully saturated rings. The number of nitrogens with zero attached hydrogens (tertiary/aromatic N) is 3. The lowest BCUT2D eigenvalue weighted by Gasteiger charge is -2.36. The average molecular weight is 671 g/mol. The number of alkyl halides is 3. The fourth-order valence-electron chi connectivity index (χ4n) is 5.65. The number of hydrogen-bond acceptors (Lipinski definition) is 7. The summed E-state index contributed by atoms with van der Waals surface area (Å²) in [4.78, 5) is 34.8. The first-order chi connectivity index (χ1) is 22.8. The van der Waals surface area contributed by atoms with Crippen molar-refractivity contribution in [1.29, 1.82) is 0 Å². The molecule has 0 unspecified atom stereocenters. The van der Waals surface area contributed by atoms with Crippen LogP contribution in [-0.2, 0) is 17.5 Å². The molecule has 2 aromatic carbocycles. The number of nitrogens with one attached hydrogen (secondary N) is 1. The van der Waals surface area contributed by atoms with E-state index < -0.39 is 17.8 Å². The number of aliphatic hydroxyl groups excluding tert-OH is 1. The van der Waals surface area contributed by atoms with Gasteiger partial charge in [-0.2, -0.15) is 13.2 Å². The predicted octanol–water partition coefficient (Wildman–Crippen LogP) is 6.28. The Morgan fingerprint density at radius 2 is 1.81 bits per heavy atom. The summed E-state index contributed by atoms with van der Waals surface area (Å²) in [6, 6.07) is 12.8. The van der Waals surface area contributed by atoms with Gasteiger partial charge < -0.3 is 24.8 Å². The Labute approximate surface area is 280 Å². The molecule has 0 saturated heterocycles. The van der Waals surface area contributed by atoms with E-state index in [0.717, 1.165) is 37.0 Å². The van der Waals surface area contributed by atoms with E-state index >= 15 is 0 Å². The van der Waals surface area contributed by atoms with E-state index in [1.54, 1.807) is 42.2 Å². The first-order valence-electron chi connectivity index (χ1n) is 16.3. The molecule has 1 aliphatic rings. The van der Waals surface area contributed by atoms with Crippen LogP contribution in [0.25, 0.3) is 0 Å². The van der Waals surface area contributed by atoms with Crippen LogP contribution in [0.2, 0.25) is 0 Å². The molecule has 0 saturated carbocycles. The van der Waals surface area contributed by atoms with Crippen molar-refractivity contribution in [2.45, 2.75) is 71.0 Å². The highest BCUT2D eigenvalue weighted by molar-refractivity contribution is 6.05. The molecule has 2 heterocycles. The van der Waals surface area contributed by atoms with E-state index in [-0.39, 0.29) is 48.7 Å². The summed E-state index contributed by atoms with van der Waals surface area (Å²) in [7, 11) is 1.88. The minimum atomic E-state index is -4.39. The molecule has 260 valence electrons. The number of anilines is 1. The number of hydrogen-bond donors (Lipinski definition) is 2. The molecule has 48 heavy (non-hydrogen) atoms. The standard InChI is InChI=1S/C36H45F3N4O5/c1-24-20-43(25(2)23-44)35(46)31-19-30(41-34(45)28-14-16-40-17-15-28)12-13-32(31)48-26(3)7-5-6-18-47-33(24)22-42(4)21-27-8-10-29(11-9-27)36(37,38)39/h8-17,19,24-26,33,44H,5-7,18,20-23H2,1-4H3,(H,41,45)/t24-,25-,26+,33-/m0/s1. The molecular weight excluding hydrogens is 625 g/mol. The van der Waals surface area contributed by atoms with E-state index in [2.05, 4.69) is 10.3 Å². The quantitative estimate of drug-likeness (QED) is 0.291. The van der Waals surface area contributed by atoms with Crippen LogP contribution >= 0.6 is 0 Å². The molecule has 0 aliphatic carbocycles. The molecule has 2 amide bonds. The normalized spacial score (nSPS) is 20.4. The molecule has 4 atom stereocenters. The second-order valence-corrected chi connectivity index (χ2v) is 12.6. The zero-order chi connectivity index (χ0) is 34.8. The van der Waals surface area contributed by atoms with Gasteiger partial charge in [0.15, 0.2) is 0 Å². The van der Waals surface area contributed by atoms with Gasteiger partial charge in [0.2, 0.25) is 0 Å². The summed E-state index contributed by atoms with van der Waals surface area (Å²) in [5, 5.41) is 13.0. The molecular formula is C36H45F3N4O5. The fraction of sp³-hybridized carbons (Fsp3) is 0.472. The van der Waals surface area contributed by atoms with E-state index in [0.29, 0.717) is 36.7 Å². The summed E-state index contributed by atoms with van der Waals surface area (Å²) in [5.74, 6) is -0.508. The van der Waals surface area contributed by atoms with Crippen LogP contribution in [0.3, 0.4) is 0 Å². The molecule has 9 nitrogen and oxygen atoms in total. The van der Waals surface area contributed by atoms with Crippen molar-refractivity contribution in [1.82, 2.24) is 14.8 Å². The van der Waals surface area contributed by atoms with Gasteiger partial charge in [0.05, 0.1) is 36.0 Å². The van der Waals surface area contributed by atoms with Gasteiger partial charge in [0, 0.05) is 55.8 Å². The van der Waals surface area contributed by atoms with Crippen molar-refractivity contribution in [2.24, 2.45) is 5.92 Å². The van der Waals surface area contributed by atoms with Crippen LogP contribution in [0.15, 0.2) is 67.0 Å². The third-order valence-electron chi connectivity index (χ3n) is 8.48. The molecule has 0 radical (unpaired) electrons. The zero-order valence-corrected chi connectivity index (χ0v) is 27.9. The summed E-state index contributed by atoms with van der Waals surface area (Å²) >= 11 is 0. The molecule has 12 heteroatoms. The predicted molar refractivity (Wildman–Crippen MR) is 177 cm³/mol. The number of halogens is 3. The summed E-state index contributed by atoms with van der Waals surface area (Å²) in [6.07, 6.45) is 0.489. The highest BCUT2D eigenvalue weighted by Gasteiger charge is 2.32. The topological polar surface area (TPSA) is 104 Å². The number of carbonyl (C=O) groups excluding carboxylic acids is 2. The van der Waals surface area contributed by atoms with E-state index in [1.807, 2.05) is 25.8 Å². The van der Waals surface area contributed by atoms with Gasteiger partial charge in [0.25, 0.3) is 11.8 Å². The number of benzene rings is 2. The van der Waals surface area contributed by atoms with Gasteiger partial charge in [-0.05, 0) is 88.2 Å². The number of fused-ring (bicyclic) bond motifs is 1. The van der Waals surface area contributed by atoms with Crippen molar-refractivity contribution in [3.05, 3.63) is 89.2 Å². The first kappa shape index (κ1) is 36.8. The van der Waals surface area contributed by atoms with Crippen molar-refractivity contribution in [3.63, 3.8) is 0 Å². The third-order valence-corrected chi connectivity index (χ3v) is 8.48. The molecule has 4 rings (SSSR count). The zero-order valence-electron chi connectivity index (χ0n) is 27.9. The Bertz CT molecular complexity index is 1490. The Balaban J connectivity index is 1.58. The number of rotatable bonds is 8. The number of aliphatic hydroxyl groups is 1. The van der Waals surface area contributed by atoms with E-state index in [4.69, 9.17) is 9.47 Å². The van der Waals surface area contributed by atoms with E-state index in [1.165, 1.54) is 24.5 Å². The largest absolute Gasteiger partial charge is 0.490 e. The molecule has 1 aliphatic heterocycles. The fourth-order valence-corrected chi connectivity index (χ4v) is 5.65. The lowest BCUT2D eigenvalue weighted by atomic mass is 10.0. The van der Waals surface area contributed by atoms with Crippen LogP contribution in [0.5, 0.6) is 5.75 Å². The number of likely N-dealkylation sites (N-methyl/N-ethyl adjacent to an activating group) is 1. The van der Waals surface area contributed by atoms with Gasteiger partial charge in [-0.3, -0.25) is 19.5 Å². The van der Waals surface area contributed by atoms with Crippen molar-refractivity contribution >= 4 is 17.5 Å². The lowest BCUT2D eigenvalue weighted by molar-refractivity contribution is -0.137. The highest BCUT2D eigenvalue weighted by Crippen LogP contribution is 2.30. The highest BCUT2D eigenvalue weighted by atomic mass is 19.4. The third kappa shape index (κ3) is 10.2. The Morgan fingerprint density at radius 1 is 1.10 bits per heavy atom. The summed E-state index contributed by atoms with van der Waals surface area (Å²) < 4.78 is 51.8. The Hall–Kier alpha value is -4.00. The van der Waals surface area contributed by atoms with Crippen molar-refractivity contribution in [2.75, 3.05) is 38.7 Å². The van der Waals surface area contributed by atoms with Gasteiger partial charge >= 0.3 is 6.18 Å². The SMILES string of the molecule is C[C@@H]1CCCCO[C@@H](CN(C)Cc2ccc(C(F)(F)F)cc2)[C@@H](C)CN([C@@H](C)CO)C(=O)c2cc(NC(=O)c3ccncc3)ccc2O1. The smallest absolute Gasteiger partial charge is 0.416 e. The first-order valence-corrected chi connectivity index (χ1v) is 16.3. The maximum absolute atomic E-state index is 14.3. The van der Waals surface area contributed by atoms with E-state index in [9.17, 15) is 27.9 Å². The van der Waals surface area contributed by atoms with Crippen LogP contribution < -0.4 is 10.1 Å². The Morgan fingerprint density at radius 3 is 2.48 bits per heavy atom. The van der Waals surface area contributed by atoms with Crippen LogP contribution in [0.1, 0.15) is 71.9 Å². The van der Waals surface area contributed by atoms with Gasteiger partial charge in [-0.15, -0.1) is 0 Å². The minimum Gasteiger partial charge on any atom is -0.490 e.